The Morgan fingerprint density at radius 3 is 2.84 bits per heavy atom. The third-order valence-corrected chi connectivity index (χ3v) is 6.15. The first-order valence-corrected chi connectivity index (χ1v) is 9.97. The van der Waals surface area contributed by atoms with Gasteiger partial charge in [0, 0.05) is 25.2 Å². The fourth-order valence-corrected chi connectivity index (χ4v) is 4.36. The summed E-state index contributed by atoms with van der Waals surface area (Å²) in [5, 5.41) is 3.27. The molecule has 2 rings (SSSR count). The maximum atomic E-state index is 12.6. The summed E-state index contributed by atoms with van der Waals surface area (Å²) in [4.78, 5) is 12.6. The van der Waals surface area contributed by atoms with Crippen LogP contribution in [0.4, 0.5) is 5.69 Å². The van der Waals surface area contributed by atoms with Gasteiger partial charge < -0.3 is 14.8 Å². The number of benzene rings is 1. The highest BCUT2D eigenvalue weighted by Gasteiger charge is 2.32. The molecule has 0 aromatic heterocycles. The number of halogens is 1. The summed E-state index contributed by atoms with van der Waals surface area (Å²) in [5.41, 5.74) is 0.472. The minimum Gasteiger partial charge on any atom is -0.495 e. The van der Waals surface area contributed by atoms with Crippen LogP contribution in [0.5, 0.6) is 5.75 Å². The summed E-state index contributed by atoms with van der Waals surface area (Å²) >= 11 is 5.97. The molecule has 7 nitrogen and oxygen atoms in total. The van der Waals surface area contributed by atoms with Crippen LogP contribution < -0.4 is 10.1 Å². The summed E-state index contributed by atoms with van der Waals surface area (Å²) in [7, 11) is -0.460. The zero-order chi connectivity index (χ0) is 18.4. The van der Waals surface area contributed by atoms with Crippen LogP contribution in [-0.4, -0.2) is 58.3 Å². The highest BCUT2D eigenvalue weighted by molar-refractivity contribution is 7.89. The van der Waals surface area contributed by atoms with Gasteiger partial charge >= 0.3 is 0 Å². The van der Waals surface area contributed by atoms with Crippen molar-refractivity contribution in [1.29, 1.82) is 0 Å². The Balaban J connectivity index is 2.06. The van der Waals surface area contributed by atoms with Crippen molar-refractivity contribution in [2.24, 2.45) is 5.92 Å². The van der Waals surface area contributed by atoms with Crippen molar-refractivity contribution in [2.75, 3.05) is 45.0 Å². The van der Waals surface area contributed by atoms with Gasteiger partial charge in [0.2, 0.25) is 15.9 Å². The van der Waals surface area contributed by atoms with Crippen molar-refractivity contribution in [3.63, 3.8) is 0 Å². The van der Waals surface area contributed by atoms with E-state index in [0.29, 0.717) is 35.8 Å². The van der Waals surface area contributed by atoms with Crippen molar-refractivity contribution in [3.8, 4) is 5.75 Å². The molecule has 0 aliphatic carbocycles. The number of carbonyl (C=O) groups is 1. The van der Waals surface area contributed by atoms with Gasteiger partial charge in [-0.05, 0) is 31.0 Å². The van der Waals surface area contributed by atoms with Gasteiger partial charge in [-0.15, -0.1) is 0 Å². The van der Waals surface area contributed by atoms with Gasteiger partial charge in [0.05, 0.1) is 31.1 Å². The molecule has 1 unspecified atom stereocenters. The summed E-state index contributed by atoms with van der Waals surface area (Å²) in [5.74, 6) is -0.250. The van der Waals surface area contributed by atoms with Crippen LogP contribution in [0.3, 0.4) is 0 Å². The lowest BCUT2D eigenvalue weighted by atomic mass is 9.98. The molecule has 1 aliphatic rings. The van der Waals surface area contributed by atoms with E-state index in [9.17, 15) is 13.2 Å². The number of rotatable bonds is 7. The molecule has 1 fully saturated rings. The molecule has 1 amide bonds. The topological polar surface area (TPSA) is 84.9 Å². The van der Waals surface area contributed by atoms with Gasteiger partial charge in [0.25, 0.3) is 0 Å². The number of sulfonamides is 1. The number of hydrogen-bond donors (Lipinski definition) is 1. The van der Waals surface area contributed by atoms with Gasteiger partial charge in [-0.25, -0.2) is 12.7 Å². The van der Waals surface area contributed by atoms with Crippen LogP contribution in [0.15, 0.2) is 18.2 Å². The van der Waals surface area contributed by atoms with E-state index in [1.165, 1.54) is 18.5 Å². The van der Waals surface area contributed by atoms with E-state index < -0.39 is 15.9 Å². The third-order valence-electron chi connectivity index (χ3n) is 4.11. The van der Waals surface area contributed by atoms with Crippen molar-refractivity contribution in [1.82, 2.24) is 4.31 Å². The lowest BCUT2D eigenvalue weighted by molar-refractivity contribution is -0.120. The number of nitrogens with zero attached hydrogens (tertiary/aromatic N) is 1. The van der Waals surface area contributed by atoms with E-state index in [4.69, 9.17) is 21.1 Å². The maximum Gasteiger partial charge on any atom is 0.228 e. The minimum atomic E-state index is -3.42. The molecule has 1 heterocycles. The quantitative estimate of drug-likeness (QED) is 0.769. The molecule has 1 aliphatic heterocycles. The molecule has 9 heteroatoms. The average Bonchev–Trinajstić information content (AvgIpc) is 2.60. The molecule has 140 valence electrons. The molecule has 0 radical (unpaired) electrons. The molecule has 1 aromatic carbocycles. The number of piperidine rings is 1. The number of amides is 1. The van der Waals surface area contributed by atoms with Crippen LogP contribution in [0.25, 0.3) is 0 Å². The highest BCUT2D eigenvalue weighted by Crippen LogP contribution is 2.29. The number of carbonyl (C=O) groups excluding carboxylic acids is 1. The highest BCUT2D eigenvalue weighted by atomic mass is 35.5. The summed E-state index contributed by atoms with van der Waals surface area (Å²) in [6, 6.07) is 4.94. The van der Waals surface area contributed by atoms with E-state index in [-0.39, 0.29) is 24.8 Å². The Hall–Kier alpha value is -1.35. The third kappa shape index (κ3) is 5.31. The van der Waals surface area contributed by atoms with Crippen molar-refractivity contribution >= 4 is 33.2 Å². The average molecular weight is 391 g/mol. The monoisotopic (exact) mass is 390 g/mol. The fourth-order valence-electron chi connectivity index (χ4n) is 2.74. The molecule has 0 saturated carbocycles. The predicted molar refractivity (Wildman–Crippen MR) is 96.6 cm³/mol. The fraction of sp³-hybridized carbons (Fsp3) is 0.562. The second kappa shape index (κ2) is 8.84. The van der Waals surface area contributed by atoms with E-state index in [0.717, 1.165) is 0 Å². The van der Waals surface area contributed by atoms with E-state index in [1.807, 2.05) is 0 Å². The molecule has 25 heavy (non-hydrogen) atoms. The zero-order valence-electron chi connectivity index (χ0n) is 14.3. The summed E-state index contributed by atoms with van der Waals surface area (Å²) < 4.78 is 36.0. The Morgan fingerprint density at radius 2 is 2.16 bits per heavy atom. The van der Waals surface area contributed by atoms with Gasteiger partial charge in [-0.2, -0.15) is 0 Å². The number of ether oxygens (including phenoxy) is 2. The van der Waals surface area contributed by atoms with Gasteiger partial charge in [0.15, 0.2) is 0 Å². The molecule has 1 atom stereocenters. The molecular weight excluding hydrogens is 368 g/mol. The van der Waals surface area contributed by atoms with Gasteiger partial charge in [-0.3, -0.25) is 4.79 Å². The SMILES string of the molecule is COCCS(=O)(=O)N1CCCC(C(=O)Nc2cc(Cl)ccc2OC)C1. The van der Waals surface area contributed by atoms with Crippen LogP contribution in [0.1, 0.15) is 12.8 Å². The summed E-state index contributed by atoms with van der Waals surface area (Å²) in [6.07, 6.45) is 1.27. The van der Waals surface area contributed by atoms with Gasteiger partial charge in [-0.1, -0.05) is 11.6 Å². The molecule has 0 bridgehead atoms. The molecule has 1 saturated heterocycles. The zero-order valence-corrected chi connectivity index (χ0v) is 15.9. The van der Waals surface area contributed by atoms with Crippen molar-refractivity contribution in [2.45, 2.75) is 12.8 Å². The number of anilines is 1. The maximum absolute atomic E-state index is 12.6. The predicted octanol–water partition coefficient (Wildman–Crippen LogP) is 1.98. The lowest BCUT2D eigenvalue weighted by Crippen LogP contribution is -2.45. The normalized spacial score (nSPS) is 18.8. The Morgan fingerprint density at radius 1 is 1.40 bits per heavy atom. The van der Waals surface area contributed by atoms with Crippen LogP contribution in [0, 0.1) is 5.92 Å². The van der Waals surface area contributed by atoms with E-state index >= 15 is 0 Å². The Labute approximate surface area is 153 Å². The second-order valence-electron chi connectivity index (χ2n) is 5.84. The molecular formula is C16H23ClN2O5S. The van der Waals surface area contributed by atoms with Gasteiger partial charge in [0.1, 0.15) is 5.75 Å². The smallest absolute Gasteiger partial charge is 0.228 e. The molecule has 1 N–H and O–H groups in total. The van der Waals surface area contributed by atoms with Crippen molar-refractivity contribution in [3.05, 3.63) is 23.2 Å². The van der Waals surface area contributed by atoms with Crippen LogP contribution in [-0.2, 0) is 19.6 Å². The molecule has 0 spiro atoms. The first kappa shape index (κ1) is 20.0. The Kier molecular flexibility index (Phi) is 7.06. The van der Waals surface area contributed by atoms with E-state index in [2.05, 4.69) is 5.32 Å². The van der Waals surface area contributed by atoms with Crippen LogP contribution >= 0.6 is 11.6 Å². The van der Waals surface area contributed by atoms with Crippen molar-refractivity contribution < 1.29 is 22.7 Å². The first-order chi connectivity index (χ1) is 11.9. The second-order valence-corrected chi connectivity index (χ2v) is 8.36. The van der Waals surface area contributed by atoms with Crippen LogP contribution in [0.2, 0.25) is 5.02 Å². The summed E-state index contributed by atoms with van der Waals surface area (Å²) in [6.45, 7) is 0.729. The molecule has 1 aromatic rings. The van der Waals surface area contributed by atoms with E-state index in [1.54, 1.807) is 18.2 Å². The minimum absolute atomic E-state index is 0.0834. The standard InChI is InChI=1S/C16H23ClN2O5S/c1-23-8-9-25(21,22)19-7-3-4-12(11-19)16(20)18-14-10-13(17)5-6-15(14)24-2/h5-6,10,12H,3-4,7-9,11H2,1-2H3,(H,18,20). The number of methoxy groups -OCH3 is 2. The lowest BCUT2D eigenvalue weighted by Gasteiger charge is -2.31. The Bertz CT molecular complexity index is 710. The largest absolute Gasteiger partial charge is 0.495 e. The number of nitrogens with one attached hydrogen (secondary N) is 1. The number of hydrogen-bond acceptors (Lipinski definition) is 5. The first-order valence-electron chi connectivity index (χ1n) is 7.98.